The van der Waals surface area contributed by atoms with Crippen molar-refractivity contribution in [1.29, 1.82) is 0 Å². The summed E-state index contributed by atoms with van der Waals surface area (Å²) in [6.45, 7) is 5.24. The molecule has 0 aliphatic carbocycles. The second-order valence-corrected chi connectivity index (χ2v) is 5.78. The first-order valence-corrected chi connectivity index (χ1v) is 7.85. The Balaban J connectivity index is 2.11. The van der Waals surface area contributed by atoms with Crippen LogP contribution < -0.4 is 10.1 Å². The van der Waals surface area contributed by atoms with Gasteiger partial charge in [-0.2, -0.15) is 0 Å². The molecule has 2 aromatic carbocycles. The number of benzene rings is 2. The first-order chi connectivity index (χ1) is 10.1. The summed E-state index contributed by atoms with van der Waals surface area (Å²) in [7, 11) is 0. The Morgan fingerprint density at radius 2 is 1.95 bits per heavy atom. The molecule has 0 saturated heterocycles. The van der Waals surface area contributed by atoms with Crippen LogP contribution in [-0.2, 0) is 0 Å². The SMILES string of the molecule is CCCNC(C)c1cccc(Oc2ccc(Br)c(F)c2)c1. The van der Waals surface area contributed by atoms with Crippen LogP contribution in [0.3, 0.4) is 0 Å². The third kappa shape index (κ3) is 4.55. The topological polar surface area (TPSA) is 21.3 Å². The molecule has 0 radical (unpaired) electrons. The summed E-state index contributed by atoms with van der Waals surface area (Å²) in [5.41, 5.74) is 1.15. The van der Waals surface area contributed by atoms with Crippen molar-refractivity contribution in [2.75, 3.05) is 6.54 Å². The first kappa shape index (κ1) is 16.0. The molecule has 4 heteroatoms. The zero-order valence-corrected chi connectivity index (χ0v) is 13.8. The van der Waals surface area contributed by atoms with E-state index in [1.807, 2.05) is 18.2 Å². The summed E-state index contributed by atoms with van der Waals surface area (Å²) in [5, 5.41) is 3.43. The van der Waals surface area contributed by atoms with Crippen LogP contribution in [0.1, 0.15) is 31.9 Å². The zero-order valence-electron chi connectivity index (χ0n) is 12.2. The molecule has 2 aromatic rings. The van der Waals surface area contributed by atoms with Gasteiger partial charge in [0.15, 0.2) is 0 Å². The fourth-order valence-corrected chi connectivity index (χ4v) is 2.25. The molecule has 0 heterocycles. The molecule has 1 atom stereocenters. The number of rotatable bonds is 6. The molecule has 0 aliphatic heterocycles. The number of ether oxygens (including phenoxy) is 1. The maximum absolute atomic E-state index is 13.5. The van der Waals surface area contributed by atoms with Crippen molar-refractivity contribution in [3.8, 4) is 11.5 Å². The maximum atomic E-state index is 13.5. The van der Waals surface area contributed by atoms with Gasteiger partial charge in [-0.15, -0.1) is 0 Å². The Morgan fingerprint density at radius 1 is 1.19 bits per heavy atom. The van der Waals surface area contributed by atoms with Crippen molar-refractivity contribution in [3.05, 3.63) is 58.3 Å². The maximum Gasteiger partial charge on any atom is 0.141 e. The summed E-state index contributed by atoms with van der Waals surface area (Å²) in [6.07, 6.45) is 1.10. The molecular weight excluding hydrogens is 333 g/mol. The third-order valence-corrected chi connectivity index (χ3v) is 3.83. The van der Waals surface area contributed by atoms with Crippen LogP contribution in [0.15, 0.2) is 46.9 Å². The smallest absolute Gasteiger partial charge is 0.141 e. The lowest BCUT2D eigenvalue weighted by Gasteiger charge is -2.15. The van der Waals surface area contributed by atoms with Crippen LogP contribution in [0.2, 0.25) is 0 Å². The molecule has 112 valence electrons. The predicted molar refractivity (Wildman–Crippen MR) is 87.3 cm³/mol. The van der Waals surface area contributed by atoms with Crippen molar-refractivity contribution < 1.29 is 9.13 Å². The van der Waals surface area contributed by atoms with E-state index in [0.29, 0.717) is 16.0 Å². The molecule has 1 unspecified atom stereocenters. The monoisotopic (exact) mass is 351 g/mol. The largest absolute Gasteiger partial charge is 0.457 e. The Hall–Kier alpha value is -1.39. The fraction of sp³-hybridized carbons (Fsp3) is 0.294. The van der Waals surface area contributed by atoms with Gasteiger partial charge in [0.05, 0.1) is 4.47 Å². The summed E-state index contributed by atoms with van der Waals surface area (Å²) in [5.74, 6) is 0.864. The second-order valence-electron chi connectivity index (χ2n) is 4.93. The lowest BCUT2D eigenvalue weighted by Crippen LogP contribution is -2.19. The van der Waals surface area contributed by atoms with Crippen molar-refractivity contribution in [2.45, 2.75) is 26.3 Å². The molecule has 2 nitrogen and oxygen atoms in total. The van der Waals surface area contributed by atoms with Crippen LogP contribution in [0, 0.1) is 5.82 Å². The Labute approximate surface area is 133 Å². The van der Waals surface area contributed by atoms with E-state index < -0.39 is 0 Å². The van der Waals surface area contributed by atoms with E-state index in [-0.39, 0.29) is 11.9 Å². The van der Waals surface area contributed by atoms with E-state index in [1.54, 1.807) is 12.1 Å². The van der Waals surface area contributed by atoms with Crippen molar-refractivity contribution in [1.82, 2.24) is 5.32 Å². The molecule has 0 saturated carbocycles. The van der Waals surface area contributed by atoms with Crippen LogP contribution in [0.5, 0.6) is 11.5 Å². The van der Waals surface area contributed by atoms with Crippen molar-refractivity contribution >= 4 is 15.9 Å². The summed E-state index contributed by atoms with van der Waals surface area (Å²) in [4.78, 5) is 0. The van der Waals surface area contributed by atoms with E-state index in [0.717, 1.165) is 18.5 Å². The Morgan fingerprint density at radius 3 is 2.67 bits per heavy atom. The molecule has 0 bridgehead atoms. The molecule has 0 amide bonds. The van der Waals surface area contributed by atoms with Crippen LogP contribution >= 0.6 is 15.9 Å². The average Bonchev–Trinajstić information content (AvgIpc) is 2.49. The minimum absolute atomic E-state index is 0.259. The van der Waals surface area contributed by atoms with Gasteiger partial charge in [-0.1, -0.05) is 19.1 Å². The summed E-state index contributed by atoms with van der Waals surface area (Å²) in [6, 6.07) is 12.9. The van der Waals surface area contributed by atoms with Gasteiger partial charge in [0, 0.05) is 12.1 Å². The Kier molecular flexibility index (Phi) is 5.76. The van der Waals surface area contributed by atoms with Crippen LogP contribution in [0.4, 0.5) is 4.39 Å². The molecule has 0 spiro atoms. The number of hydrogen-bond acceptors (Lipinski definition) is 2. The van der Waals surface area contributed by atoms with E-state index in [4.69, 9.17) is 4.74 Å². The van der Waals surface area contributed by atoms with Crippen molar-refractivity contribution in [3.63, 3.8) is 0 Å². The number of nitrogens with one attached hydrogen (secondary N) is 1. The highest BCUT2D eigenvalue weighted by atomic mass is 79.9. The predicted octanol–water partition coefficient (Wildman–Crippen LogP) is 5.44. The highest BCUT2D eigenvalue weighted by Gasteiger charge is 2.07. The lowest BCUT2D eigenvalue weighted by atomic mass is 10.1. The van der Waals surface area contributed by atoms with Crippen LogP contribution in [-0.4, -0.2) is 6.54 Å². The quantitative estimate of drug-likeness (QED) is 0.747. The van der Waals surface area contributed by atoms with Gasteiger partial charge in [-0.25, -0.2) is 4.39 Å². The van der Waals surface area contributed by atoms with Gasteiger partial charge < -0.3 is 10.1 Å². The van der Waals surface area contributed by atoms with Gasteiger partial charge >= 0.3 is 0 Å². The average molecular weight is 352 g/mol. The number of halogens is 2. The van der Waals surface area contributed by atoms with Gasteiger partial charge in [0.2, 0.25) is 0 Å². The van der Waals surface area contributed by atoms with Gasteiger partial charge in [-0.05, 0) is 65.6 Å². The van der Waals surface area contributed by atoms with E-state index in [2.05, 4.69) is 41.2 Å². The molecule has 0 fully saturated rings. The highest BCUT2D eigenvalue weighted by Crippen LogP contribution is 2.27. The summed E-state index contributed by atoms with van der Waals surface area (Å²) < 4.78 is 19.6. The standard InChI is InChI=1S/C17H19BrFNO/c1-3-9-20-12(2)13-5-4-6-14(10-13)21-15-7-8-16(18)17(19)11-15/h4-8,10-12,20H,3,9H2,1-2H3. The van der Waals surface area contributed by atoms with E-state index >= 15 is 0 Å². The molecular formula is C17H19BrFNO. The molecule has 2 rings (SSSR count). The Bertz CT molecular complexity index is 603. The first-order valence-electron chi connectivity index (χ1n) is 7.06. The molecule has 0 aromatic heterocycles. The van der Waals surface area contributed by atoms with Gasteiger partial charge in [-0.3, -0.25) is 0 Å². The molecule has 1 N–H and O–H groups in total. The van der Waals surface area contributed by atoms with E-state index in [9.17, 15) is 4.39 Å². The number of hydrogen-bond donors (Lipinski definition) is 1. The van der Waals surface area contributed by atoms with Crippen LogP contribution in [0.25, 0.3) is 0 Å². The van der Waals surface area contributed by atoms with Gasteiger partial charge in [0.1, 0.15) is 17.3 Å². The van der Waals surface area contributed by atoms with Crippen molar-refractivity contribution in [2.24, 2.45) is 0 Å². The normalized spacial score (nSPS) is 12.2. The highest BCUT2D eigenvalue weighted by molar-refractivity contribution is 9.10. The third-order valence-electron chi connectivity index (χ3n) is 3.19. The summed E-state index contributed by atoms with van der Waals surface area (Å²) >= 11 is 3.13. The zero-order chi connectivity index (χ0) is 15.2. The second kappa shape index (κ2) is 7.57. The fourth-order valence-electron chi connectivity index (χ4n) is 2.00. The van der Waals surface area contributed by atoms with Gasteiger partial charge in [0.25, 0.3) is 0 Å². The lowest BCUT2D eigenvalue weighted by molar-refractivity contribution is 0.473. The van der Waals surface area contributed by atoms with E-state index in [1.165, 1.54) is 6.07 Å². The minimum atomic E-state index is -0.332. The molecule has 0 aliphatic rings. The molecule has 21 heavy (non-hydrogen) atoms. The minimum Gasteiger partial charge on any atom is -0.457 e.